The lowest BCUT2D eigenvalue weighted by molar-refractivity contribution is -0.145. The van der Waals surface area contributed by atoms with Crippen LogP contribution in [0.4, 0.5) is 11.4 Å². The Balaban J connectivity index is 2.27. The summed E-state index contributed by atoms with van der Waals surface area (Å²) in [6, 6.07) is 14.5. The van der Waals surface area contributed by atoms with Crippen LogP contribution in [0.15, 0.2) is 42.5 Å². The Kier molecular flexibility index (Phi) is 4.64. The predicted molar refractivity (Wildman–Crippen MR) is 84.9 cm³/mol. The second-order valence-electron chi connectivity index (χ2n) is 4.94. The molecule has 5 heteroatoms. The largest absolute Gasteiger partial charge is 0.438 e. The maximum absolute atomic E-state index is 11.3. The van der Waals surface area contributed by atoms with E-state index in [1.807, 2.05) is 19.1 Å². The molecule has 0 aliphatic carbocycles. The molecule has 2 aromatic carbocycles. The number of ether oxygens (including phenoxy) is 1. The lowest BCUT2D eigenvalue weighted by Gasteiger charge is -2.20. The number of nitrogens with one attached hydrogen (secondary N) is 1. The molecule has 3 N–H and O–H groups in total. The van der Waals surface area contributed by atoms with E-state index in [1.165, 1.54) is 6.92 Å². The van der Waals surface area contributed by atoms with E-state index < -0.39 is 12.2 Å². The number of anilines is 2. The van der Waals surface area contributed by atoms with E-state index >= 15 is 0 Å². The Bertz CT molecular complexity index is 718. The van der Waals surface area contributed by atoms with Crippen molar-refractivity contribution in [1.29, 1.82) is 5.26 Å². The molecule has 2 aromatic rings. The topological polar surface area (TPSA) is 88.1 Å². The molecule has 1 atom stereocenters. The van der Waals surface area contributed by atoms with Crippen LogP contribution in [0.1, 0.15) is 29.8 Å². The number of aryl methyl sites for hydroxylation is 1. The number of hydrogen-bond donors (Lipinski definition) is 2. The zero-order valence-electron chi connectivity index (χ0n) is 12.5. The molecule has 0 fully saturated rings. The minimum Gasteiger partial charge on any atom is -0.438 e. The van der Waals surface area contributed by atoms with Crippen molar-refractivity contribution in [2.75, 3.05) is 11.1 Å². The lowest BCUT2D eigenvalue weighted by atomic mass is 10.1. The highest BCUT2D eigenvalue weighted by atomic mass is 16.6. The van der Waals surface area contributed by atoms with E-state index in [0.717, 1.165) is 16.8 Å². The van der Waals surface area contributed by atoms with Gasteiger partial charge < -0.3 is 15.8 Å². The normalized spacial score (nSPS) is 11.3. The van der Waals surface area contributed by atoms with E-state index in [4.69, 9.17) is 15.7 Å². The summed E-state index contributed by atoms with van der Waals surface area (Å²) in [4.78, 5) is 11.3. The van der Waals surface area contributed by atoms with Gasteiger partial charge in [-0.25, -0.2) is 0 Å². The van der Waals surface area contributed by atoms with Crippen LogP contribution in [-0.4, -0.2) is 5.97 Å². The van der Waals surface area contributed by atoms with Gasteiger partial charge in [0.2, 0.25) is 0 Å². The van der Waals surface area contributed by atoms with Crippen molar-refractivity contribution >= 4 is 17.3 Å². The van der Waals surface area contributed by atoms with Gasteiger partial charge in [-0.15, -0.1) is 0 Å². The molecule has 0 aliphatic rings. The second-order valence-corrected chi connectivity index (χ2v) is 4.94. The summed E-state index contributed by atoms with van der Waals surface area (Å²) < 4.78 is 5.32. The number of carbonyl (C=O) groups is 1. The monoisotopic (exact) mass is 295 g/mol. The van der Waals surface area contributed by atoms with Crippen molar-refractivity contribution in [3.8, 4) is 6.07 Å². The fourth-order valence-corrected chi connectivity index (χ4v) is 1.96. The fourth-order valence-electron chi connectivity index (χ4n) is 1.96. The number of nitrogens with two attached hydrogens (primary N) is 1. The number of hydrogen-bond acceptors (Lipinski definition) is 5. The van der Waals surface area contributed by atoms with Crippen LogP contribution in [0.25, 0.3) is 0 Å². The highest BCUT2D eigenvalue weighted by Gasteiger charge is 2.15. The number of rotatable bonds is 4. The van der Waals surface area contributed by atoms with Crippen LogP contribution in [0.5, 0.6) is 0 Å². The van der Waals surface area contributed by atoms with Crippen LogP contribution >= 0.6 is 0 Å². The number of nitrogens with zero attached hydrogens (tertiary/aromatic N) is 1. The first-order chi connectivity index (χ1) is 10.5. The summed E-state index contributed by atoms with van der Waals surface area (Å²) in [7, 11) is 0. The molecule has 1 unspecified atom stereocenters. The van der Waals surface area contributed by atoms with Gasteiger partial charge in [-0.05, 0) is 42.8 Å². The zero-order valence-corrected chi connectivity index (χ0v) is 12.5. The van der Waals surface area contributed by atoms with Crippen LogP contribution in [0.2, 0.25) is 0 Å². The number of benzene rings is 2. The molecule has 0 saturated heterocycles. The highest BCUT2D eigenvalue weighted by molar-refractivity contribution is 5.67. The third-order valence-corrected chi connectivity index (χ3v) is 3.20. The highest BCUT2D eigenvalue weighted by Crippen LogP contribution is 2.24. The standard InChI is InChI=1S/C17H17N3O2/c1-11-3-6-14(9-16(11)19)17(22-12(2)21)20-15-7-4-13(10-18)5-8-15/h3-9,17,20H,19H2,1-2H3. The van der Waals surface area contributed by atoms with E-state index in [-0.39, 0.29) is 0 Å². The molecule has 0 heterocycles. The predicted octanol–water partition coefficient (Wildman–Crippen LogP) is 3.12. The summed E-state index contributed by atoms with van der Waals surface area (Å²) >= 11 is 0. The molecular formula is C17H17N3O2. The van der Waals surface area contributed by atoms with Crippen LogP contribution < -0.4 is 11.1 Å². The van der Waals surface area contributed by atoms with E-state index in [9.17, 15) is 4.79 Å². The van der Waals surface area contributed by atoms with E-state index in [2.05, 4.69) is 11.4 Å². The average Bonchev–Trinajstić information content (AvgIpc) is 2.49. The van der Waals surface area contributed by atoms with Gasteiger partial charge in [-0.1, -0.05) is 12.1 Å². The number of esters is 1. The summed E-state index contributed by atoms with van der Waals surface area (Å²) in [6.07, 6.45) is -0.645. The van der Waals surface area contributed by atoms with Crippen molar-refractivity contribution in [2.45, 2.75) is 20.1 Å². The maximum Gasteiger partial charge on any atom is 0.304 e. The third kappa shape index (κ3) is 3.76. The molecule has 5 nitrogen and oxygen atoms in total. The fraction of sp³-hybridized carbons (Fsp3) is 0.176. The number of nitrogen functional groups attached to an aromatic ring is 1. The third-order valence-electron chi connectivity index (χ3n) is 3.20. The smallest absolute Gasteiger partial charge is 0.304 e. The van der Waals surface area contributed by atoms with Crippen molar-refractivity contribution in [3.05, 3.63) is 59.2 Å². The molecule has 0 spiro atoms. The van der Waals surface area contributed by atoms with Gasteiger partial charge in [-0.2, -0.15) is 5.26 Å². The number of nitriles is 1. The molecule has 112 valence electrons. The zero-order chi connectivity index (χ0) is 16.1. The van der Waals surface area contributed by atoms with Gasteiger partial charge >= 0.3 is 5.97 Å². The molecular weight excluding hydrogens is 278 g/mol. The SMILES string of the molecule is CC(=O)OC(Nc1ccc(C#N)cc1)c1ccc(C)c(N)c1. The molecule has 22 heavy (non-hydrogen) atoms. The van der Waals surface area contributed by atoms with Gasteiger partial charge in [-0.3, -0.25) is 4.79 Å². The van der Waals surface area contributed by atoms with Crippen LogP contribution in [-0.2, 0) is 9.53 Å². The summed E-state index contributed by atoms with van der Waals surface area (Å²) in [6.45, 7) is 3.26. The Morgan fingerprint density at radius 2 is 1.95 bits per heavy atom. The van der Waals surface area contributed by atoms with Crippen molar-refractivity contribution in [3.63, 3.8) is 0 Å². The molecule has 0 aromatic heterocycles. The van der Waals surface area contributed by atoms with Crippen molar-refractivity contribution in [1.82, 2.24) is 0 Å². The Morgan fingerprint density at radius 3 is 2.50 bits per heavy atom. The van der Waals surface area contributed by atoms with Gasteiger partial charge in [0.15, 0.2) is 6.23 Å². The summed E-state index contributed by atoms with van der Waals surface area (Å²) in [5.74, 6) is -0.398. The molecule has 0 saturated carbocycles. The maximum atomic E-state index is 11.3. The lowest BCUT2D eigenvalue weighted by Crippen LogP contribution is -2.17. The van der Waals surface area contributed by atoms with Gasteiger partial charge in [0, 0.05) is 23.9 Å². The van der Waals surface area contributed by atoms with Crippen LogP contribution in [0, 0.1) is 18.3 Å². The van der Waals surface area contributed by atoms with Gasteiger partial charge in [0.25, 0.3) is 0 Å². The molecule has 0 radical (unpaired) electrons. The Labute approximate surface area is 129 Å². The van der Waals surface area contributed by atoms with Gasteiger partial charge in [0.1, 0.15) is 0 Å². The minimum atomic E-state index is -0.645. The first-order valence-corrected chi connectivity index (χ1v) is 6.79. The van der Waals surface area contributed by atoms with Crippen molar-refractivity contribution in [2.24, 2.45) is 0 Å². The first-order valence-electron chi connectivity index (χ1n) is 6.79. The van der Waals surface area contributed by atoms with E-state index in [1.54, 1.807) is 30.3 Å². The van der Waals surface area contributed by atoms with Crippen LogP contribution in [0.3, 0.4) is 0 Å². The molecule has 2 rings (SSSR count). The van der Waals surface area contributed by atoms with Gasteiger partial charge in [0.05, 0.1) is 11.6 Å². The molecule has 0 aliphatic heterocycles. The molecule has 0 bridgehead atoms. The number of carbonyl (C=O) groups excluding carboxylic acids is 1. The Hall–Kier alpha value is -3.00. The summed E-state index contributed by atoms with van der Waals surface area (Å²) in [5.41, 5.74) is 9.57. The average molecular weight is 295 g/mol. The van der Waals surface area contributed by atoms with Crippen molar-refractivity contribution < 1.29 is 9.53 Å². The molecule has 0 amide bonds. The minimum absolute atomic E-state index is 0.398. The van der Waals surface area contributed by atoms with E-state index in [0.29, 0.717) is 11.3 Å². The first kappa shape index (κ1) is 15.4. The Morgan fingerprint density at radius 1 is 1.27 bits per heavy atom. The quantitative estimate of drug-likeness (QED) is 0.514. The second kappa shape index (κ2) is 6.64. The summed E-state index contributed by atoms with van der Waals surface area (Å²) in [5, 5.41) is 11.9.